The van der Waals surface area contributed by atoms with Crippen molar-refractivity contribution >= 4 is 22.9 Å². The minimum absolute atomic E-state index is 0.353. The third-order valence-electron chi connectivity index (χ3n) is 2.80. The number of methoxy groups -OCH3 is 1. The summed E-state index contributed by atoms with van der Waals surface area (Å²) in [6.07, 6.45) is 0. The maximum atomic E-state index is 6.09. The molecule has 0 fully saturated rings. The average molecular weight is 282 g/mol. The number of hydrogen-bond donors (Lipinski definition) is 1. The SMILES string of the molecule is COc1ccc(CN[C@H](C)c2cccs2)cc1Cl. The first kappa shape index (κ1) is 13.4. The van der Waals surface area contributed by atoms with Crippen LogP contribution >= 0.6 is 22.9 Å². The van der Waals surface area contributed by atoms with E-state index < -0.39 is 0 Å². The molecule has 1 heterocycles. The predicted octanol–water partition coefficient (Wildman–Crippen LogP) is 4.26. The molecule has 0 saturated heterocycles. The first-order chi connectivity index (χ1) is 8.70. The molecule has 2 aromatic rings. The summed E-state index contributed by atoms with van der Waals surface area (Å²) in [5, 5.41) is 6.23. The lowest BCUT2D eigenvalue weighted by Gasteiger charge is -2.13. The second kappa shape index (κ2) is 6.23. The van der Waals surface area contributed by atoms with Gasteiger partial charge in [0.15, 0.2) is 0 Å². The molecule has 0 aliphatic heterocycles. The second-order valence-electron chi connectivity index (χ2n) is 4.09. The molecular weight excluding hydrogens is 266 g/mol. The monoisotopic (exact) mass is 281 g/mol. The Morgan fingerprint density at radius 3 is 2.83 bits per heavy atom. The summed E-state index contributed by atoms with van der Waals surface area (Å²) in [6, 6.07) is 10.4. The quantitative estimate of drug-likeness (QED) is 0.884. The third kappa shape index (κ3) is 3.25. The van der Waals surface area contributed by atoms with Crippen molar-refractivity contribution < 1.29 is 4.74 Å². The molecule has 0 bridgehead atoms. The van der Waals surface area contributed by atoms with E-state index in [4.69, 9.17) is 16.3 Å². The highest BCUT2D eigenvalue weighted by Crippen LogP contribution is 2.25. The summed E-state index contributed by atoms with van der Waals surface area (Å²) < 4.78 is 5.13. The molecule has 0 aliphatic carbocycles. The van der Waals surface area contributed by atoms with E-state index in [1.165, 1.54) is 4.88 Å². The summed E-state index contributed by atoms with van der Waals surface area (Å²) >= 11 is 7.86. The molecule has 2 rings (SSSR count). The van der Waals surface area contributed by atoms with Gasteiger partial charge in [0.25, 0.3) is 0 Å². The minimum Gasteiger partial charge on any atom is -0.495 e. The zero-order valence-electron chi connectivity index (χ0n) is 10.4. The minimum atomic E-state index is 0.353. The number of benzene rings is 1. The van der Waals surface area contributed by atoms with Crippen LogP contribution < -0.4 is 10.1 Å². The Morgan fingerprint density at radius 1 is 1.39 bits per heavy atom. The van der Waals surface area contributed by atoms with E-state index in [2.05, 4.69) is 29.8 Å². The highest BCUT2D eigenvalue weighted by atomic mass is 35.5. The molecule has 1 aromatic carbocycles. The van der Waals surface area contributed by atoms with Crippen LogP contribution in [0, 0.1) is 0 Å². The van der Waals surface area contributed by atoms with Gasteiger partial charge in [-0.05, 0) is 36.1 Å². The lowest BCUT2D eigenvalue weighted by atomic mass is 10.2. The topological polar surface area (TPSA) is 21.3 Å². The van der Waals surface area contributed by atoms with E-state index >= 15 is 0 Å². The maximum Gasteiger partial charge on any atom is 0.137 e. The molecular formula is C14H16ClNOS. The van der Waals surface area contributed by atoms with Crippen LogP contribution in [-0.2, 0) is 6.54 Å². The number of ether oxygens (including phenoxy) is 1. The Balaban J connectivity index is 1.96. The fourth-order valence-corrected chi connectivity index (χ4v) is 2.77. The van der Waals surface area contributed by atoms with Crippen LogP contribution in [0.25, 0.3) is 0 Å². The number of thiophene rings is 1. The standard InChI is InChI=1S/C14H16ClNOS/c1-10(14-4-3-7-18-14)16-9-11-5-6-13(17-2)12(15)8-11/h3-8,10,16H,9H2,1-2H3/t10-/m1/s1. The van der Waals surface area contributed by atoms with Crippen LogP contribution in [0.15, 0.2) is 35.7 Å². The van der Waals surface area contributed by atoms with Gasteiger partial charge >= 0.3 is 0 Å². The van der Waals surface area contributed by atoms with Crippen LogP contribution in [0.5, 0.6) is 5.75 Å². The molecule has 18 heavy (non-hydrogen) atoms. The van der Waals surface area contributed by atoms with E-state index in [9.17, 15) is 0 Å². The molecule has 0 spiro atoms. The molecule has 0 unspecified atom stereocenters. The van der Waals surface area contributed by atoms with Gasteiger partial charge in [-0.1, -0.05) is 23.7 Å². The predicted molar refractivity (Wildman–Crippen MR) is 77.6 cm³/mol. The molecule has 1 aromatic heterocycles. The smallest absolute Gasteiger partial charge is 0.137 e. The van der Waals surface area contributed by atoms with Crippen molar-refractivity contribution in [2.24, 2.45) is 0 Å². The first-order valence-electron chi connectivity index (χ1n) is 5.80. The summed E-state index contributed by atoms with van der Waals surface area (Å²) in [5.41, 5.74) is 1.16. The number of nitrogens with one attached hydrogen (secondary N) is 1. The van der Waals surface area contributed by atoms with E-state index in [0.717, 1.165) is 12.1 Å². The van der Waals surface area contributed by atoms with Gasteiger partial charge in [0.05, 0.1) is 12.1 Å². The molecule has 1 N–H and O–H groups in total. The molecule has 0 radical (unpaired) electrons. The molecule has 96 valence electrons. The highest BCUT2D eigenvalue weighted by Gasteiger charge is 2.06. The van der Waals surface area contributed by atoms with Gasteiger partial charge < -0.3 is 10.1 Å². The van der Waals surface area contributed by atoms with Crippen molar-refractivity contribution in [3.8, 4) is 5.75 Å². The number of rotatable bonds is 5. The zero-order chi connectivity index (χ0) is 13.0. The lowest BCUT2D eigenvalue weighted by molar-refractivity contribution is 0.415. The molecule has 0 amide bonds. The average Bonchev–Trinajstić information content (AvgIpc) is 2.90. The summed E-state index contributed by atoms with van der Waals surface area (Å²) in [7, 11) is 1.62. The van der Waals surface area contributed by atoms with Crippen molar-refractivity contribution in [3.63, 3.8) is 0 Å². The van der Waals surface area contributed by atoms with Crippen LogP contribution in [0.3, 0.4) is 0 Å². The van der Waals surface area contributed by atoms with Crippen molar-refractivity contribution in [2.75, 3.05) is 7.11 Å². The summed E-state index contributed by atoms with van der Waals surface area (Å²) in [6.45, 7) is 2.96. The van der Waals surface area contributed by atoms with Crippen LogP contribution in [0.2, 0.25) is 5.02 Å². The fraction of sp³-hybridized carbons (Fsp3) is 0.286. The van der Waals surface area contributed by atoms with E-state index in [-0.39, 0.29) is 0 Å². The Hall–Kier alpha value is -1.03. The van der Waals surface area contributed by atoms with Gasteiger partial charge in [-0.2, -0.15) is 0 Å². The van der Waals surface area contributed by atoms with E-state index in [0.29, 0.717) is 16.8 Å². The lowest BCUT2D eigenvalue weighted by Crippen LogP contribution is -2.17. The zero-order valence-corrected chi connectivity index (χ0v) is 12.0. The van der Waals surface area contributed by atoms with Gasteiger partial charge in [0.2, 0.25) is 0 Å². The van der Waals surface area contributed by atoms with Gasteiger partial charge in [-0.3, -0.25) is 0 Å². The van der Waals surface area contributed by atoms with Crippen LogP contribution in [0.4, 0.5) is 0 Å². The largest absolute Gasteiger partial charge is 0.495 e. The Morgan fingerprint density at radius 2 is 2.22 bits per heavy atom. The molecule has 0 saturated carbocycles. The van der Waals surface area contributed by atoms with Crippen molar-refractivity contribution in [1.29, 1.82) is 0 Å². The fourth-order valence-electron chi connectivity index (χ4n) is 1.73. The Kier molecular flexibility index (Phi) is 4.64. The third-order valence-corrected chi connectivity index (χ3v) is 4.15. The van der Waals surface area contributed by atoms with Gasteiger partial charge in [0.1, 0.15) is 5.75 Å². The maximum absolute atomic E-state index is 6.09. The summed E-state index contributed by atoms with van der Waals surface area (Å²) in [5.74, 6) is 0.715. The van der Waals surface area contributed by atoms with Crippen LogP contribution in [-0.4, -0.2) is 7.11 Å². The summed E-state index contributed by atoms with van der Waals surface area (Å²) in [4.78, 5) is 1.34. The van der Waals surface area contributed by atoms with Crippen molar-refractivity contribution in [2.45, 2.75) is 19.5 Å². The van der Waals surface area contributed by atoms with Gasteiger partial charge in [-0.25, -0.2) is 0 Å². The highest BCUT2D eigenvalue weighted by molar-refractivity contribution is 7.10. The normalized spacial score (nSPS) is 12.4. The molecule has 0 aliphatic rings. The molecule has 4 heteroatoms. The van der Waals surface area contributed by atoms with Gasteiger partial charge in [-0.15, -0.1) is 11.3 Å². The Labute approximate surface area is 117 Å². The van der Waals surface area contributed by atoms with E-state index in [1.54, 1.807) is 18.4 Å². The van der Waals surface area contributed by atoms with Crippen molar-refractivity contribution in [1.82, 2.24) is 5.32 Å². The molecule has 2 nitrogen and oxygen atoms in total. The number of hydrogen-bond acceptors (Lipinski definition) is 3. The van der Waals surface area contributed by atoms with Crippen molar-refractivity contribution in [3.05, 3.63) is 51.2 Å². The second-order valence-corrected chi connectivity index (χ2v) is 5.47. The first-order valence-corrected chi connectivity index (χ1v) is 7.05. The Bertz CT molecular complexity index is 499. The van der Waals surface area contributed by atoms with E-state index in [1.807, 2.05) is 18.2 Å². The van der Waals surface area contributed by atoms with Gasteiger partial charge in [0, 0.05) is 17.5 Å². The van der Waals surface area contributed by atoms with Crippen LogP contribution in [0.1, 0.15) is 23.4 Å². The number of halogens is 1. The molecule has 1 atom stereocenters.